The Hall–Kier alpha value is -1.82. The van der Waals surface area contributed by atoms with Crippen LogP contribution in [0.25, 0.3) is 0 Å². The van der Waals surface area contributed by atoms with Gasteiger partial charge in [-0.05, 0) is 39.2 Å². The molecule has 0 amide bonds. The molecule has 12 heteroatoms. The van der Waals surface area contributed by atoms with E-state index in [1.54, 1.807) is 0 Å². The minimum Gasteiger partial charge on any atom is -0.309 e. The Morgan fingerprint density at radius 1 is 1.07 bits per heavy atom. The highest BCUT2D eigenvalue weighted by Gasteiger charge is 2.40. The van der Waals surface area contributed by atoms with Crippen molar-refractivity contribution in [3.05, 3.63) is 44.0 Å². The second kappa shape index (κ2) is 9.40. The quantitative estimate of drug-likeness (QED) is 0.438. The third-order valence-electron chi connectivity index (χ3n) is 4.07. The van der Waals surface area contributed by atoms with E-state index >= 15 is 0 Å². The highest BCUT2D eigenvalue weighted by atomic mass is 35.5. The van der Waals surface area contributed by atoms with E-state index in [0.29, 0.717) is 13.0 Å². The van der Waals surface area contributed by atoms with Crippen LogP contribution in [0.4, 0.5) is 5.69 Å². The smallest absolute Gasteiger partial charge is 0.281 e. The first-order valence-electron chi connectivity index (χ1n) is 7.86. The van der Waals surface area contributed by atoms with E-state index in [1.165, 1.54) is 27.0 Å². The number of nitro benzene ring substituents is 1. The molecule has 10 nitrogen and oxygen atoms in total. The maximum Gasteiger partial charge on any atom is 0.281 e. The minimum absolute atomic E-state index is 0. The van der Waals surface area contributed by atoms with Gasteiger partial charge in [-0.2, -0.15) is 0 Å². The Labute approximate surface area is 164 Å². The Bertz CT molecular complexity index is 797. The molecule has 0 aliphatic rings. The van der Waals surface area contributed by atoms with Crippen LogP contribution in [0.3, 0.4) is 0 Å². The van der Waals surface area contributed by atoms with E-state index in [0.717, 1.165) is 16.4 Å². The van der Waals surface area contributed by atoms with Crippen LogP contribution in [-0.4, -0.2) is 61.7 Å². The zero-order valence-corrected chi connectivity index (χ0v) is 17.5. The number of halogens is 1. The Balaban J connectivity index is 0.00000676. The van der Waals surface area contributed by atoms with Crippen LogP contribution >= 0.6 is 12.4 Å². The summed E-state index contributed by atoms with van der Waals surface area (Å²) in [5, 5.41) is 22.6. The summed E-state index contributed by atoms with van der Waals surface area (Å²) in [6.45, 7) is 3.40. The summed E-state index contributed by atoms with van der Waals surface area (Å²) in [5.74, 6) is 0. The summed E-state index contributed by atoms with van der Waals surface area (Å²) in [6, 6.07) is 3.20. The van der Waals surface area contributed by atoms with Crippen molar-refractivity contribution in [2.24, 2.45) is 0 Å². The van der Waals surface area contributed by atoms with E-state index in [-0.39, 0.29) is 29.4 Å². The molecule has 0 heterocycles. The number of hydrogen-bond donors (Lipinski definition) is 0. The monoisotopic (exact) mass is 424 g/mol. The second-order valence-corrected chi connectivity index (χ2v) is 8.78. The normalized spacial score (nSPS) is 12.1. The van der Waals surface area contributed by atoms with Crippen molar-refractivity contribution in [3.63, 3.8) is 0 Å². The van der Waals surface area contributed by atoms with Crippen molar-refractivity contribution >= 4 is 28.1 Å². The predicted octanol–water partition coefficient (Wildman–Crippen LogP) is 2.10. The van der Waals surface area contributed by atoms with Crippen LogP contribution in [-0.2, 0) is 15.6 Å². The van der Waals surface area contributed by atoms with Crippen LogP contribution in [0, 0.1) is 20.2 Å². The Kier molecular flexibility index (Phi) is 8.77. The molecule has 0 saturated carbocycles. The third kappa shape index (κ3) is 5.83. The average Bonchev–Trinajstić information content (AvgIpc) is 2.53. The molecule has 0 spiro atoms. The molecule has 27 heavy (non-hydrogen) atoms. The molecule has 1 aromatic carbocycles. The van der Waals surface area contributed by atoms with Gasteiger partial charge in [0.15, 0.2) is 0 Å². The van der Waals surface area contributed by atoms with Gasteiger partial charge in [-0.1, -0.05) is 0 Å². The van der Waals surface area contributed by atoms with Crippen molar-refractivity contribution in [1.29, 1.82) is 0 Å². The van der Waals surface area contributed by atoms with Crippen LogP contribution in [0.15, 0.2) is 23.1 Å². The summed E-state index contributed by atoms with van der Waals surface area (Å²) in [4.78, 5) is 22.8. The number of hydrogen-bond acceptors (Lipinski definition) is 7. The second-order valence-electron chi connectivity index (χ2n) is 6.74. The number of nitrogens with zero attached hydrogens (tertiary/aromatic N) is 4. The molecule has 0 aromatic heterocycles. The molecule has 0 atom stereocenters. The van der Waals surface area contributed by atoms with E-state index < -0.39 is 31.1 Å². The van der Waals surface area contributed by atoms with Crippen molar-refractivity contribution < 1.29 is 18.3 Å². The summed E-state index contributed by atoms with van der Waals surface area (Å²) in [6.07, 6.45) is 0.595. The first kappa shape index (κ1) is 25.2. The van der Waals surface area contributed by atoms with Gasteiger partial charge in [0, 0.05) is 38.4 Å². The average molecular weight is 425 g/mol. The highest BCUT2D eigenvalue weighted by Crippen LogP contribution is 2.34. The molecule has 0 saturated heterocycles. The van der Waals surface area contributed by atoms with Crippen molar-refractivity contribution in [1.82, 2.24) is 9.21 Å². The summed E-state index contributed by atoms with van der Waals surface area (Å²) < 4.78 is 26.4. The molecular weight excluding hydrogens is 400 g/mol. The lowest BCUT2D eigenvalue weighted by molar-refractivity contribution is -0.570. The lowest BCUT2D eigenvalue weighted by atomic mass is 9.93. The molecule has 154 valence electrons. The van der Waals surface area contributed by atoms with Gasteiger partial charge in [0.25, 0.3) is 5.69 Å². The number of benzene rings is 1. The Morgan fingerprint density at radius 2 is 1.63 bits per heavy atom. The number of nitro groups is 2. The molecule has 1 aromatic rings. The van der Waals surface area contributed by atoms with Crippen LogP contribution in [0.2, 0.25) is 0 Å². The number of rotatable bonds is 9. The maximum absolute atomic E-state index is 12.6. The Morgan fingerprint density at radius 3 is 2.07 bits per heavy atom. The van der Waals surface area contributed by atoms with E-state index in [1.807, 2.05) is 19.0 Å². The fourth-order valence-electron chi connectivity index (χ4n) is 2.35. The van der Waals surface area contributed by atoms with E-state index in [2.05, 4.69) is 0 Å². The third-order valence-corrected chi connectivity index (χ3v) is 5.92. The molecule has 0 aliphatic carbocycles. The zero-order valence-electron chi connectivity index (χ0n) is 15.9. The lowest BCUT2D eigenvalue weighted by Gasteiger charge is -2.20. The van der Waals surface area contributed by atoms with Gasteiger partial charge in [-0.3, -0.25) is 20.2 Å². The molecule has 0 aliphatic heterocycles. The van der Waals surface area contributed by atoms with Gasteiger partial charge in [0.05, 0.1) is 9.82 Å². The summed E-state index contributed by atoms with van der Waals surface area (Å²) in [7, 11) is 1.20. The largest absolute Gasteiger partial charge is 0.309 e. The number of sulfonamides is 1. The first-order chi connectivity index (χ1) is 11.8. The predicted molar refractivity (Wildman–Crippen MR) is 103 cm³/mol. The summed E-state index contributed by atoms with van der Waals surface area (Å²) >= 11 is 0. The zero-order chi connectivity index (χ0) is 20.3. The van der Waals surface area contributed by atoms with E-state index in [4.69, 9.17) is 0 Å². The van der Waals surface area contributed by atoms with Crippen molar-refractivity contribution in [2.45, 2.75) is 30.7 Å². The fourth-order valence-corrected chi connectivity index (χ4v) is 3.58. The summed E-state index contributed by atoms with van der Waals surface area (Å²) in [5.41, 5.74) is -2.46. The van der Waals surface area contributed by atoms with Crippen LogP contribution in [0.5, 0.6) is 0 Å². The van der Waals surface area contributed by atoms with Gasteiger partial charge in [-0.25, -0.2) is 12.7 Å². The van der Waals surface area contributed by atoms with E-state index in [9.17, 15) is 28.6 Å². The van der Waals surface area contributed by atoms with Gasteiger partial charge in [0.1, 0.15) is 5.56 Å². The van der Waals surface area contributed by atoms with Crippen LogP contribution < -0.4 is 0 Å². The SMILES string of the molecule is CN(C)CCCN(C)S(=O)(=O)c1ccc(C(C)(C)[N+](=O)[O-])c([N+](=O)[O-])c1.Cl. The highest BCUT2D eigenvalue weighted by molar-refractivity contribution is 7.89. The minimum atomic E-state index is -3.93. The lowest BCUT2D eigenvalue weighted by Crippen LogP contribution is -2.31. The fraction of sp³-hybridized carbons (Fsp3) is 0.600. The van der Waals surface area contributed by atoms with Crippen molar-refractivity contribution in [2.75, 3.05) is 34.2 Å². The molecule has 0 fully saturated rings. The molecule has 0 unspecified atom stereocenters. The molecule has 0 bridgehead atoms. The first-order valence-corrected chi connectivity index (χ1v) is 9.30. The van der Waals surface area contributed by atoms with Gasteiger partial charge >= 0.3 is 0 Å². The van der Waals surface area contributed by atoms with Crippen molar-refractivity contribution in [3.8, 4) is 0 Å². The maximum atomic E-state index is 12.6. The van der Waals surface area contributed by atoms with Gasteiger partial charge < -0.3 is 4.90 Å². The van der Waals surface area contributed by atoms with Gasteiger partial charge in [0.2, 0.25) is 15.6 Å². The molecule has 1 rings (SSSR count). The van der Waals surface area contributed by atoms with Gasteiger partial charge in [-0.15, -0.1) is 12.4 Å². The standard InChI is InChI=1S/C15H24N4O6S.ClH/c1-15(2,19(22)23)13-8-7-12(11-14(13)18(20)21)26(24,25)17(5)10-6-9-16(3)4;/h7-8,11H,6,9-10H2,1-5H3;1H. The molecular formula is C15H25ClN4O6S. The molecule has 0 radical (unpaired) electrons. The van der Waals surface area contributed by atoms with Crippen LogP contribution in [0.1, 0.15) is 25.8 Å². The topological polar surface area (TPSA) is 127 Å². The molecule has 0 N–H and O–H groups in total.